The van der Waals surface area contributed by atoms with E-state index in [-0.39, 0.29) is 28.1 Å². The molecule has 0 saturated carbocycles. The predicted molar refractivity (Wildman–Crippen MR) is 167 cm³/mol. The van der Waals surface area contributed by atoms with Crippen molar-refractivity contribution in [3.05, 3.63) is 53.5 Å². The van der Waals surface area contributed by atoms with Gasteiger partial charge in [0, 0.05) is 73.8 Å². The summed E-state index contributed by atoms with van der Waals surface area (Å²) in [5, 5.41) is 12.1. The number of hydrogen-bond donors (Lipinski definition) is 2. The number of amides is 1. The standard InChI is InChI=1S/C31H35ClF2N8O/c1-4-25(43)41-11-13-42(14-12-41)30-21-15-23(32)27(26-18(2)5-6-24-22(26)16-35-39-24)28(34)29(21)37-31(38-30)36-20-7-9-40(10-8-20)17-19(3)33/h4-6,15-16,19-20H,1,7-14,17H2,2-3H3,(H,35,39)(H,36,37,38). The van der Waals surface area contributed by atoms with Gasteiger partial charge in [0.15, 0.2) is 5.82 Å². The molecule has 2 aliphatic rings. The first-order valence-corrected chi connectivity index (χ1v) is 15.0. The molecule has 2 fully saturated rings. The molecule has 2 aromatic carbocycles. The highest BCUT2D eigenvalue weighted by molar-refractivity contribution is 6.35. The Morgan fingerprint density at radius 3 is 2.60 bits per heavy atom. The number of H-pyrrole nitrogens is 1. The van der Waals surface area contributed by atoms with Gasteiger partial charge in [0.1, 0.15) is 17.5 Å². The number of aromatic nitrogens is 4. The second-order valence-corrected chi connectivity index (χ2v) is 11.8. The quantitative estimate of drug-likeness (QED) is 0.274. The third-order valence-electron chi connectivity index (χ3n) is 8.44. The van der Waals surface area contributed by atoms with E-state index in [1.807, 2.05) is 24.0 Å². The molecule has 9 nitrogen and oxygen atoms in total. The smallest absolute Gasteiger partial charge is 0.246 e. The molecular weight excluding hydrogens is 574 g/mol. The number of anilines is 2. The van der Waals surface area contributed by atoms with Gasteiger partial charge in [-0.2, -0.15) is 10.1 Å². The van der Waals surface area contributed by atoms with Crippen molar-refractivity contribution in [1.29, 1.82) is 0 Å². The summed E-state index contributed by atoms with van der Waals surface area (Å²) in [6.07, 6.45) is 3.70. The second-order valence-electron chi connectivity index (χ2n) is 11.4. The van der Waals surface area contributed by atoms with Crippen molar-refractivity contribution in [3.8, 4) is 11.1 Å². The molecule has 2 saturated heterocycles. The number of carbonyl (C=O) groups excluding carboxylic acids is 1. The molecule has 226 valence electrons. The highest BCUT2D eigenvalue weighted by atomic mass is 35.5. The zero-order valence-corrected chi connectivity index (χ0v) is 25.1. The Balaban J connectivity index is 1.42. The number of likely N-dealkylation sites (tertiary alicyclic amines) is 1. The van der Waals surface area contributed by atoms with E-state index < -0.39 is 12.0 Å². The first-order chi connectivity index (χ1) is 20.7. The summed E-state index contributed by atoms with van der Waals surface area (Å²) in [6, 6.07) is 5.63. The topological polar surface area (TPSA) is 93.3 Å². The monoisotopic (exact) mass is 608 g/mol. The number of aryl methyl sites for hydroxylation is 1. The molecule has 43 heavy (non-hydrogen) atoms. The Hall–Kier alpha value is -3.83. The largest absolute Gasteiger partial charge is 0.352 e. The highest BCUT2D eigenvalue weighted by Gasteiger charge is 2.28. The van der Waals surface area contributed by atoms with E-state index >= 15 is 4.39 Å². The van der Waals surface area contributed by atoms with E-state index in [1.165, 1.54) is 6.08 Å². The van der Waals surface area contributed by atoms with Gasteiger partial charge in [-0.25, -0.2) is 13.8 Å². The van der Waals surface area contributed by atoms with E-state index in [2.05, 4.69) is 27.0 Å². The van der Waals surface area contributed by atoms with Crippen molar-refractivity contribution in [2.24, 2.45) is 0 Å². The van der Waals surface area contributed by atoms with Gasteiger partial charge >= 0.3 is 0 Å². The van der Waals surface area contributed by atoms with Crippen molar-refractivity contribution in [2.75, 3.05) is 56.0 Å². The fourth-order valence-corrected chi connectivity index (χ4v) is 6.53. The number of rotatable bonds is 7. The lowest BCUT2D eigenvalue weighted by Crippen LogP contribution is -2.48. The number of hydrogen-bond acceptors (Lipinski definition) is 7. The van der Waals surface area contributed by atoms with Gasteiger partial charge in [0.05, 0.1) is 16.7 Å². The molecule has 4 heterocycles. The summed E-state index contributed by atoms with van der Waals surface area (Å²) >= 11 is 6.87. The van der Waals surface area contributed by atoms with Crippen LogP contribution in [0, 0.1) is 12.7 Å². The number of nitrogens with zero attached hydrogens (tertiary/aromatic N) is 6. The fraction of sp³-hybridized carbons (Fsp3) is 0.419. The van der Waals surface area contributed by atoms with Gasteiger partial charge in [-0.3, -0.25) is 9.89 Å². The zero-order chi connectivity index (χ0) is 30.2. The SMILES string of the molecule is C=CC(=O)N1CCN(c2nc(NC3CCN(CC(C)F)CC3)nc3c(F)c(-c4c(C)ccc5[nH]ncc45)c(Cl)cc23)CC1. The van der Waals surface area contributed by atoms with E-state index in [9.17, 15) is 9.18 Å². The number of fused-ring (bicyclic) bond motifs is 2. The number of aromatic amines is 1. The third-order valence-corrected chi connectivity index (χ3v) is 8.74. The summed E-state index contributed by atoms with van der Waals surface area (Å²) < 4.78 is 30.3. The van der Waals surface area contributed by atoms with Crippen molar-refractivity contribution >= 4 is 51.1 Å². The van der Waals surface area contributed by atoms with Crippen LogP contribution in [0.1, 0.15) is 25.3 Å². The summed E-state index contributed by atoms with van der Waals surface area (Å²) in [7, 11) is 0. The van der Waals surface area contributed by atoms with Crippen LogP contribution in [0.15, 0.2) is 37.1 Å². The Kier molecular flexibility index (Phi) is 8.19. The van der Waals surface area contributed by atoms with Crippen molar-refractivity contribution in [1.82, 2.24) is 30.0 Å². The minimum Gasteiger partial charge on any atom is -0.352 e. The minimum atomic E-state index is -0.876. The van der Waals surface area contributed by atoms with Crippen molar-refractivity contribution in [2.45, 2.75) is 38.9 Å². The molecule has 2 aliphatic heterocycles. The maximum absolute atomic E-state index is 16.8. The first kappa shape index (κ1) is 29.3. The highest BCUT2D eigenvalue weighted by Crippen LogP contribution is 2.42. The summed E-state index contributed by atoms with van der Waals surface area (Å²) in [4.78, 5) is 27.7. The molecule has 2 aromatic heterocycles. The second kappa shape index (κ2) is 12.0. The van der Waals surface area contributed by atoms with Crippen LogP contribution < -0.4 is 10.2 Å². The average molecular weight is 609 g/mol. The number of carbonyl (C=O) groups is 1. The molecule has 4 aromatic rings. The van der Waals surface area contributed by atoms with Crippen LogP contribution in [-0.4, -0.2) is 93.9 Å². The molecule has 6 rings (SSSR count). The Morgan fingerprint density at radius 2 is 1.91 bits per heavy atom. The molecule has 2 N–H and O–H groups in total. The number of piperidine rings is 1. The van der Waals surface area contributed by atoms with Gasteiger partial charge in [0.25, 0.3) is 0 Å². The number of alkyl halides is 1. The maximum Gasteiger partial charge on any atom is 0.246 e. The number of piperazine rings is 1. The molecule has 12 heteroatoms. The van der Waals surface area contributed by atoms with Crippen LogP contribution in [0.3, 0.4) is 0 Å². The summed E-state index contributed by atoms with van der Waals surface area (Å²) in [5.41, 5.74) is 2.74. The first-order valence-electron chi connectivity index (χ1n) is 14.7. The molecule has 1 amide bonds. The van der Waals surface area contributed by atoms with Gasteiger partial charge in [0.2, 0.25) is 11.9 Å². The Labute approximate surface area is 253 Å². The molecule has 1 unspecified atom stereocenters. The van der Waals surface area contributed by atoms with E-state index in [0.717, 1.165) is 42.4 Å². The molecular formula is C31H35ClF2N8O. The minimum absolute atomic E-state index is 0.0651. The number of nitrogens with one attached hydrogen (secondary N) is 2. The van der Waals surface area contributed by atoms with Crippen molar-refractivity contribution < 1.29 is 13.6 Å². The number of benzene rings is 2. The summed E-state index contributed by atoms with van der Waals surface area (Å²) in [6.45, 7) is 11.0. The third kappa shape index (κ3) is 5.75. The molecule has 1 atom stereocenters. The molecule has 0 bridgehead atoms. The van der Waals surface area contributed by atoms with Crippen LogP contribution in [-0.2, 0) is 4.79 Å². The van der Waals surface area contributed by atoms with Crippen LogP contribution in [0.25, 0.3) is 32.9 Å². The zero-order valence-electron chi connectivity index (χ0n) is 24.3. The van der Waals surface area contributed by atoms with E-state index in [1.54, 1.807) is 24.1 Å². The molecule has 0 spiro atoms. The normalized spacial score (nSPS) is 17.5. The van der Waals surface area contributed by atoms with Crippen LogP contribution in [0.5, 0.6) is 0 Å². The molecule has 0 radical (unpaired) electrons. The average Bonchev–Trinajstić information content (AvgIpc) is 3.48. The van der Waals surface area contributed by atoms with E-state index in [0.29, 0.717) is 55.4 Å². The van der Waals surface area contributed by atoms with Crippen LogP contribution in [0.4, 0.5) is 20.5 Å². The number of halogens is 3. The Bertz CT molecular complexity index is 1680. The summed E-state index contributed by atoms with van der Waals surface area (Å²) in [5.74, 6) is 0.242. The van der Waals surface area contributed by atoms with Crippen LogP contribution in [0.2, 0.25) is 5.02 Å². The Morgan fingerprint density at radius 1 is 1.16 bits per heavy atom. The van der Waals surface area contributed by atoms with Crippen LogP contribution >= 0.6 is 11.6 Å². The van der Waals surface area contributed by atoms with E-state index in [4.69, 9.17) is 21.6 Å². The fourth-order valence-electron chi connectivity index (χ4n) is 6.24. The lowest BCUT2D eigenvalue weighted by Gasteiger charge is -2.36. The predicted octanol–water partition coefficient (Wildman–Crippen LogP) is 5.34. The van der Waals surface area contributed by atoms with Gasteiger partial charge < -0.3 is 20.0 Å². The van der Waals surface area contributed by atoms with Gasteiger partial charge in [-0.15, -0.1) is 0 Å². The van der Waals surface area contributed by atoms with Crippen molar-refractivity contribution in [3.63, 3.8) is 0 Å². The van der Waals surface area contributed by atoms with Gasteiger partial charge in [-0.1, -0.05) is 24.2 Å². The molecule has 0 aliphatic carbocycles. The lowest BCUT2D eigenvalue weighted by molar-refractivity contribution is -0.126. The van der Waals surface area contributed by atoms with Gasteiger partial charge in [-0.05, 0) is 50.5 Å². The lowest BCUT2D eigenvalue weighted by atomic mass is 9.95. The maximum atomic E-state index is 16.8.